The van der Waals surface area contributed by atoms with E-state index in [0.717, 1.165) is 16.0 Å². The summed E-state index contributed by atoms with van der Waals surface area (Å²) in [6.45, 7) is 5.96. The van der Waals surface area contributed by atoms with Crippen LogP contribution in [0, 0.1) is 0 Å². The number of hydrogen-bond donors (Lipinski definition) is 3. The number of amides is 1. The number of carboxylic acids is 1. The fourth-order valence-corrected chi connectivity index (χ4v) is 5.01. The molecular weight excluding hydrogens is 520 g/mol. The Bertz CT molecular complexity index is 1410. The van der Waals surface area contributed by atoms with Gasteiger partial charge in [-0.15, -0.1) is 11.8 Å². The zero-order chi connectivity index (χ0) is 27.7. The number of aromatic carboxylic acids is 1. The first-order valence-electron chi connectivity index (χ1n) is 12.5. The van der Waals surface area contributed by atoms with Crippen molar-refractivity contribution in [3.05, 3.63) is 100 Å². The van der Waals surface area contributed by atoms with Crippen LogP contribution in [0.3, 0.4) is 0 Å². The van der Waals surface area contributed by atoms with Crippen molar-refractivity contribution in [2.75, 3.05) is 0 Å². The Morgan fingerprint density at radius 3 is 2.37 bits per heavy atom. The van der Waals surface area contributed by atoms with Crippen molar-refractivity contribution in [2.24, 2.45) is 0 Å². The summed E-state index contributed by atoms with van der Waals surface area (Å²) < 4.78 is 0. The molecule has 3 aromatic carbocycles. The number of thioether (sulfide) groups is 1. The lowest BCUT2D eigenvalue weighted by Crippen LogP contribution is -2.36. The average Bonchev–Trinajstić information content (AvgIpc) is 2.93. The van der Waals surface area contributed by atoms with Gasteiger partial charge in [-0.1, -0.05) is 56.6 Å². The quantitative estimate of drug-likeness (QED) is 0.188. The Hall–Kier alpha value is -3.55. The Morgan fingerprint density at radius 1 is 1.00 bits per heavy atom. The second-order valence-corrected chi connectivity index (χ2v) is 9.89. The number of carbonyl (C=O) groups excluding carboxylic acids is 1. The van der Waals surface area contributed by atoms with Crippen LogP contribution in [0.15, 0.2) is 77.7 Å². The minimum absolute atomic E-state index is 0.0336. The van der Waals surface area contributed by atoms with E-state index < -0.39 is 11.9 Å². The lowest BCUT2D eigenvalue weighted by atomic mass is 10.0. The predicted molar refractivity (Wildman–Crippen MR) is 154 cm³/mol. The molecular formula is C30H31ClN2O4S. The maximum absolute atomic E-state index is 13.0. The molecule has 1 amide bonds. The van der Waals surface area contributed by atoms with Crippen molar-refractivity contribution < 1.29 is 19.8 Å². The highest BCUT2D eigenvalue weighted by molar-refractivity contribution is 7.98. The van der Waals surface area contributed by atoms with Crippen molar-refractivity contribution in [2.45, 2.75) is 50.3 Å². The molecule has 0 bridgehead atoms. The van der Waals surface area contributed by atoms with E-state index in [1.54, 1.807) is 30.0 Å². The van der Waals surface area contributed by atoms with Gasteiger partial charge in [-0.05, 0) is 72.5 Å². The number of phenolic OH excluding ortho intramolecular Hbond substituents is 1. The van der Waals surface area contributed by atoms with E-state index in [0.29, 0.717) is 34.5 Å². The molecule has 0 aliphatic carbocycles. The van der Waals surface area contributed by atoms with Crippen LogP contribution < -0.4 is 5.32 Å². The fourth-order valence-electron chi connectivity index (χ4n) is 3.85. The molecule has 0 spiro atoms. The van der Waals surface area contributed by atoms with Gasteiger partial charge < -0.3 is 15.5 Å². The topological polar surface area (TPSA) is 99.5 Å². The van der Waals surface area contributed by atoms with Gasteiger partial charge in [-0.25, -0.2) is 9.78 Å². The SMILES string of the molecule is CC.CCC(Cc1ccc(O)cc1)NC(=O)c1cc(C(=O)O)c2cc(CSc3cccc(Cl)c3)ccc2n1. The number of phenols is 1. The third-order valence-corrected chi connectivity index (χ3v) is 7.08. The number of aromatic hydroxyl groups is 1. The largest absolute Gasteiger partial charge is 0.508 e. The number of carboxylic acid groups (broad SMARTS) is 1. The number of aromatic nitrogens is 1. The van der Waals surface area contributed by atoms with Crippen molar-refractivity contribution in [3.63, 3.8) is 0 Å². The average molecular weight is 551 g/mol. The summed E-state index contributed by atoms with van der Waals surface area (Å²) in [6.07, 6.45) is 1.26. The third-order valence-electron chi connectivity index (χ3n) is 5.78. The van der Waals surface area contributed by atoms with Crippen molar-refractivity contribution in [1.29, 1.82) is 0 Å². The molecule has 38 heavy (non-hydrogen) atoms. The molecule has 0 radical (unpaired) electrons. The molecule has 4 aromatic rings. The molecule has 4 rings (SSSR count). The smallest absolute Gasteiger partial charge is 0.336 e. The van der Waals surface area contributed by atoms with Gasteiger partial charge in [0.25, 0.3) is 5.91 Å². The van der Waals surface area contributed by atoms with Crippen LogP contribution in [-0.2, 0) is 12.2 Å². The Morgan fingerprint density at radius 2 is 1.71 bits per heavy atom. The van der Waals surface area contributed by atoms with Crippen LogP contribution in [0.1, 0.15) is 59.2 Å². The standard InChI is InChI=1S/C28H25ClN2O4S.C2H6/c1-2-20(12-17-6-9-21(32)10-7-17)30-27(33)26-15-24(28(34)35)23-13-18(8-11-25(23)31-26)16-36-22-5-3-4-19(29)14-22;1-2/h3-11,13-15,20,32H,2,12,16H2,1H3,(H,30,33)(H,34,35);1-2H3. The van der Waals surface area contributed by atoms with Crippen LogP contribution in [-0.4, -0.2) is 33.1 Å². The monoisotopic (exact) mass is 550 g/mol. The number of nitrogens with one attached hydrogen (secondary N) is 1. The number of fused-ring (bicyclic) bond motifs is 1. The van der Waals surface area contributed by atoms with Gasteiger partial charge in [0.15, 0.2) is 0 Å². The summed E-state index contributed by atoms with van der Waals surface area (Å²) in [6, 6.07) is 21.0. The first-order valence-corrected chi connectivity index (χ1v) is 13.8. The lowest BCUT2D eigenvalue weighted by molar-refractivity contribution is 0.0699. The molecule has 1 atom stereocenters. The van der Waals surface area contributed by atoms with Crippen molar-refractivity contribution in [3.8, 4) is 5.75 Å². The van der Waals surface area contributed by atoms with Gasteiger partial charge in [0.1, 0.15) is 11.4 Å². The molecule has 0 saturated carbocycles. The van der Waals surface area contributed by atoms with Crippen LogP contribution in [0.25, 0.3) is 10.9 Å². The Kier molecular flexibility index (Phi) is 10.6. The van der Waals surface area contributed by atoms with E-state index in [9.17, 15) is 19.8 Å². The van der Waals surface area contributed by atoms with Gasteiger partial charge in [0.05, 0.1) is 11.1 Å². The number of nitrogens with zero attached hydrogens (tertiary/aromatic N) is 1. The lowest BCUT2D eigenvalue weighted by Gasteiger charge is -2.17. The molecule has 0 aliphatic rings. The molecule has 0 aliphatic heterocycles. The second kappa shape index (κ2) is 13.8. The number of benzene rings is 3. The molecule has 1 aromatic heterocycles. The van der Waals surface area contributed by atoms with Gasteiger partial charge in [0.2, 0.25) is 0 Å². The van der Waals surface area contributed by atoms with Crippen LogP contribution in [0.2, 0.25) is 5.02 Å². The highest BCUT2D eigenvalue weighted by Gasteiger charge is 2.19. The predicted octanol–water partition coefficient (Wildman–Crippen LogP) is 7.36. The molecule has 0 fully saturated rings. The zero-order valence-corrected chi connectivity index (χ0v) is 23.1. The fraction of sp³-hybridized carbons (Fsp3) is 0.233. The normalized spacial score (nSPS) is 11.4. The van der Waals surface area contributed by atoms with Gasteiger partial charge in [0, 0.05) is 27.1 Å². The van der Waals surface area contributed by atoms with Gasteiger partial charge in [-0.2, -0.15) is 0 Å². The van der Waals surface area contributed by atoms with E-state index in [2.05, 4.69) is 10.3 Å². The van der Waals surface area contributed by atoms with E-state index in [4.69, 9.17) is 11.6 Å². The molecule has 8 heteroatoms. The maximum Gasteiger partial charge on any atom is 0.336 e. The number of rotatable bonds is 9. The van der Waals surface area contributed by atoms with E-state index in [1.165, 1.54) is 6.07 Å². The van der Waals surface area contributed by atoms with Gasteiger partial charge in [-0.3, -0.25) is 4.79 Å². The maximum atomic E-state index is 13.0. The summed E-state index contributed by atoms with van der Waals surface area (Å²) in [7, 11) is 0. The summed E-state index contributed by atoms with van der Waals surface area (Å²) >= 11 is 7.66. The van der Waals surface area contributed by atoms with Crippen molar-refractivity contribution in [1.82, 2.24) is 10.3 Å². The Labute approximate surface area is 232 Å². The first-order chi connectivity index (χ1) is 18.3. The van der Waals surface area contributed by atoms with E-state index >= 15 is 0 Å². The zero-order valence-electron chi connectivity index (χ0n) is 21.6. The highest BCUT2D eigenvalue weighted by Crippen LogP contribution is 2.28. The number of pyridine rings is 1. The van der Waals surface area contributed by atoms with Crippen molar-refractivity contribution >= 4 is 46.1 Å². The molecule has 1 heterocycles. The summed E-state index contributed by atoms with van der Waals surface area (Å²) in [4.78, 5) is 30.6. The highest BCUT2D eigenvalue weighted by atomic mass is 35.5. The molecule has 1 unspecified atom stereocenters. The van der Waals surface area contributed by atoms with Gasteiger partial charge >= 0.3 is 5.97 Å². The van der Waals surface area contributed by atoms with Crippen LogP contribution >= 0.6 is 23.4 Å². The number of halogens is 1. The Balaban J connectivity index is 0.00000195. The van der Waals surface area contributed by atoms with E-state index in [1.807, 2.05) is 69.3 Å². The molecule has 198 valence electrons. The molecule has 6 nitrogen and oxygen atoms in total. The summed E-state index contributed by atoms with van der Waals surface area (Å²) in [5, 5.41) is 23.4. The van der Waals surface area contributed by atoms with Crippen LogP contribution in [0.4, 0.5) is 0 Å². The number of carbonyl (C=O) groups is 2. The minimum atomic E-state index is -1.12. The third kappa shape index (κ3) is 7.73. The first kappa shape index (κ1) is 29.0. The minimum Gasteiger partial charge on any atom is -0.508 e. The molecule has 3 N–H and O–H groups in total. The van der Waals surface area contributed by atoms with Crippen LogP contribution in [0.5, 0.6) is 5.75 Å². The molecule has 0 saturated heterocycles. The summed E-state index contributed by atoms with van der Waals surface area (Å²) in [5.74, 6) is -0.728. The number of hydrogen-bond acceptors (Lipinski definition) is 5. The van der Waals surface area contributed by atoms with E-state index in [-0.39, 0.29) is 23.0 Å². The second-order valence-electron chi connectivity index (χ2n) is 8.41. The summed E-state index contributed by atoms with van der Waals surface area (Å²) in [5.41, 5.74) is 2.45.